The number of hydrogen-bond donors (Lipinski definition) is 1. The van der Waals surface area contributed by atoms with Crippen LogP contribution in [0.15, 0.2) is 22.6 Å². The quantitative estimate of drug-likeness (QED) is 0.871. The summed E-state index contributed by atoms with van der Waals surface area (Å²) >= 11 is 3.38. The molecule has 4 nitrogen and oxygen atoms in total. The van der Waals surface area contributed by atoms with Gasteiger partial charge in [-0.1, -0.05) is 36.7 Å². The summed E-state index contributed by atoms with van der Waals surface area (Å²) in [7, 11) is 0. The molecule has 0 bridgehead atoms. The van der Waals surface area contributed by atoms with E-state index in [0.717, 1.165) is 23.2 Å². The highest BCUT2D eigenvalue weighted by Gasteiger charge is 2.18. The average Bonchev–Trinajstić information content (AvgIpc) is 2.79. The molecule has 1 unspecified atom stereocenters. The predicted octanol–water partition coefficient (Wildman–Crippen LogP) is 3.75. The Labute approximate surface area is 120 Å². The minimum Gasteiger partial charge on any atom is -0.441 e. The molecule has 1 aromatic carbocycles. The molecule has 0 spiro atoms. The van der Waals surface area contributed by atoms with Crippen molar-refractivity contribution < 1.29 is 9.21 Å². The SMILES string of the molecule is CCc1nc2cc(NC(=O)C(Br)C(C)C)ccc2o1. The van der Waals surface area contributed by atoms with Crippen molar-refractivity contribution in [2.24, 2.45) is 5.92 Å². The summed E-state index contributed by atoms with van der Waals surface area (Å²) in [6, 6.07) is 5.48. The lowest BCUT2D eigenvalue weighted by atomic mass is 10.1. The number of halogens is 1. The molecule has 5 heteroatoms. The largest absolute Gasteiger partial charge is 0.441 e. The molecule has 19 heavy (non-hydrogen) atoms. The normalized spacial score (nSPS) is 12.9. The lowest BCUT2D eigenvalue weighted by Gasteiger charge is -2.13. The number of amides is 1. The highest BCUT2D eigenvalue weighted by Crippen LogP contribution is 2.21. The maximum absolute atomic E-state index is 11.9. The maximum atomic E-state index is 11.9. The zero-order valence-electron chi connectivity index (χ0n) is 11.2. The second kappa shape index (κ2) is 5.74. The molecule has 2 rings (SSSR count). The number of alkyl halides is 1. The van der Waals surface area contributed by atoms with Gasteiger partial charge in [0.1, 0.15) is 5.52 Å². The van der Waals surface area contributed by atoms with Crippen LogP contribution in [-0.2, 0) is 11.2 Å². The van der Waals surface area contributed by atoms with Crippen molar-refractivity contribution in [2.45, 2.75) is 32.0 Å². The van der Waals surface area contributed by atoms with Gasteiger partial charge in [-0.2, -0.15) is 0 Å². The molecule has 0 radical (unpaired) electrons. The molecule has 0 aliphatic rings. The Hall–Kier alpha value is -1.36. The molecule has 2 aromatic rings. The molecule has 1 atom stereocenters. The molecule has 1 amide bonds. The molecule has 1 N–H and O–H groups in total. The Kier molecular flexibility index (Phi) is 4.24. The Morgan fingerprint density at radius 2 is 2.21 bits per heavy atom. The first-order valence-corrected chi connectivity index (χ1v) is 7.27. The van der Waals surface area contributed by atoms with Gasteiger partial charge in [0.2, 0.25) is 5.91 Å². The van der Waals surface area contributed by atoms with Crippen LogP contribution in [0.1, 0.15) is 26.7 Å². The molecule has 0 aliphatic carbocycles. The van der Waals surface area contributed by atoms with E-state index in [1.54, 1.807) is 0 Å². The number of carbonyl (C=O) groups is 1. The van der Waals surface area contributed by atoms with Crippen LogP contribution in [0.5, 0.6) is 0 Å². The summed E-state index contributed by atoms with van der Waals surface area (Å²) in [6.45, 7) is 5.98. The van der Waals surface area contributed by atoms with E-state index in [1.807, 2.05) is 39.0 Å². The van der Waals surface area contributed by atoms with Crippen molar-refractivity contribution in [1.82, 2.24) is 4.98 Å². The van der Waals surface area contributed by atoms with Gasteiger partial charge < -0.3 is 9.73 Å². The fourth-order valence-corrected chi connectivity index (χ4v) is 1.83. The van der Waals surface area contributed by atoms with Gasteiger partial charge in [0.25, 0.3) is 0 Å². The summed E-state index contributed by atoms with van der Waals surface area (Å²) in [5.74, 6) is 0.898. The number of aromatic nitrogens is 1. The van der Waals surface area contributed by atoms with Gasteiger partial charge in [-0.05, 0) is 24.1 Å². The first-order chi connectivity index (χ1) is 9.01. The second-order valence-electron chi connectivity index (χ2n) is 4.78. The average molecular weight is 325 g/mol. The number of nitrogens with one attached hydrogen (secondary N) is 1. The van der Waals surface area contributed by atoms with Crippen molar-refractivity contribution in [1.29, 1.82) is 0 Å². The van der Waals surface area contributed by atoms with E-state index in [2.05, 4.69) is 26.2 Å². The number of hydrogen-bond acceptors (Lipinski definition) is 3. The fraction of sp³-hybridized carbons (Fsp3) is 0.429. The predicted molar refractivity (Wildman–Crippen MR) is 79.6 cm³/mol. The van der Waals surface area contributed by atoms with Crippen LogP contribution in [-0.4, -0.2) is 15.7 Å². The molecular weight excluding hydrogens is 308 g/mol. The summed E-state index contributed by atoms with van der Waals surface area (Å²) < 4.78 is 5.53. The molecule has 1 aromatic heterocycles. The minimum absolute atomic E-state index is 0.0476. The number of rotatable bonds is 4. The van der Waals surface area contributed by atoms with E-state index in [9.17, 15) is 4.79 Å². The van der Waals surface area contributed by atoms with E-state index in [0.29, 0.717) is 5.89 Å². The Balaban J connectivity index is 2.19. The zero-order valence-corrected chi connectivity index (χ0v) is 12.8. The van der Waals surface area contributed by atoms with Crippen LogP contribution in [0.4, 0.5) is 5.69 Å². The highest BCUT2D eigenvalue weighted by atomic mass is 79.9. The van der Waals surface area contributed by atoms with Gasteiger partial charge in [0.05, 0.1) is 4.83 Å². The van der Waals surface area contributed by atoms with Crippen molar-refractivity contribution in [3.05, 3.63) is 24.1 Å². The van der Waals surface area contributed by atoms with Crippen LogP contribution in [0, 0.1) is 5.92 Å². The van der Waals surface area contributed by atoms with Crippen LogP contribution < -0.4 is 5.32 Å². The topological polar surface area (TPSA) is 55.1 Å². The number of aryl methyl sites for hydroxylation is 1. The van der Waals surface area contributed by atoms with Crippen molar-refractivity contribution in [3.8, 4) is 0 Å². The molecule has 0 saturated carbocycles. The van der Waals surface area contributed by atoms with E-state index in [1.165, 1.54) is 0 Å². The molecule has 1 heterocycles. The zero-order chi connectivity index (χ0) is 14.0. The van der Waals surface area contributed by atoms with Crippen LogP contribution in [0.3, 0.4) is 0 Å². The lowest BCUT2D eigenvalue weighted by Crippen LogP contribution is -2.26. The molecule has 102 valence electrons. The third-order valence-electron chi connectivity index (χ3n) is 2.84. The van der Waals surface area contributed by atoms with Crippen LogP contribution >= 0.6 is 15.9 Å². The minimum atomic E-state index is -0.202. The first-order valence-electron chi connectivity index (χ1n) is 6.35. The highest BCUT2D eigenvalue weighted by molar-refractivity contribution is 9.10. The van der Waals surface area contributed by atoms with E-state index >= 15 is 0 Å². The van der Waals surface area contributed by atoms with Gasteiger partial charge in [-0.15, -0.1) is 0 Å². The smallest absolute Gasteiger partial charge is 0.238 e. The third-order valence-corrected chi connectivity index (χ3v) is 4.31. The monoisotopic (exact) mass is 324 g/mol. The van der Waals surface area contributed by atoms with Crippen molar-refractivity contribution in [2.75, 3.05) is 5.32 Å². The molecule has 0 fully saturated rings. The van der Waals surface area contributed by atoms with Crippen LogP contribution in [0.25, 0.3) is 11.1 Å². The molecule has 0 aliphatic heterocycles. The Morgan fingerprint density at radius 3 is 2.84 bits per heavy atom. The fourth-order valence-electron chi connectivity index (χ4n) is 1.72. The summed E-state index contributed by atoms with van der Waals surface area (Å²) in [6.07, 6.45) is 0.757. The Bertz CT molecular complexity index is 592. The van der Waals surface area contributed by atoms with Gasteiger partial charge in [0, 0.05) is 12.1 Å². The lowest BCUT2D eigenvalue weighted by molar-refractivity contribution is -0.116. The van der Waals surface area contributed by atoms with E-state index < -0.39 is 0 Å². The number of benzene rings is 1. The Morgan fingerprint density at radius 1 is 1.47 bits per heavy atom. The standard InChI is InChI=1S/C14H17BrN2O2/c1-4-12-17-10-7-9(5-6-11(10)19-12)16-14(18)13(15)8(2)3/h5-8,13H,4H2,1-3H3,(H,16,18). The van der Waals surface area contributed by atoms with Gasteiger partial charge in [0.15, 0.2) is 11.5 Å². The number of nitrogens with zero attached hydrogens (tertiary/aromatic N) is 1. The second-order valence-corrected chi connectivity index (χ2v) is 5.77. The van der Waals surface area contributed by atoms with E-state index in [4.69, 9.17) is 4.42 Å². The third kappa shape index (κ3) is 3.15. The summed E-state index contributed by atoms with van der Waals surface area (Å²) in [5, 5.41) is 2.87. The number of anilines is 1. The van der Waals surface area contributed by atoms with Gasteiger partial charge >= 0.3 is 0 Å². The number of fused-ring (bicyclic) bond motifs is 1. The summed E-state index contributed by atoms with van der Waals surface area (Å²) in [5.41, 5.74) is 2.25. The number of oxazole rings is 1. The number of carbonyl (C=O) groups excluding carboxylic acids is 1. The van der Waals surface area contributed by atoms with Gasteiger partial charge in [-0.3, -0.25) is 4.79 Å². The van der Waals surface area contributed by atoms with Crippen molar-refractivity contribution >= 4 is 38.6 Å². The van der Waals surface area contributed by atoms with Crippen LogP contribution in [0.2, 0.25) is 0 Å². The van der Waals surface area contributed by atoms with Gasteiger partial charge in [-0.25, -0.2) is 4.98 Å². The summed E-state index contributed by atoms with van der Waals surface area (Å²) in [4.78, 5) is 16.1. The van der Waals surface area contributed by atoms with E-state index in [-0.39, 0.29) is 16.7 Å². The molecule has 0 saturated heterocycles. The van der Waals surface area contributed by atoms with Crippen molar-refractivity contribution in [3.63, 3.8) is 0 Å². The maximum Gasteiger partial charge on any atom is 0.238 e. The molecular formula is C14H17BrN2O2. The first kappa shape index (κ1) is 14.1.